The first-order valence-corrected chi connectivity index (χ1v) is 17.3. The normalized spacial score (nSPS) is 24.2. The number of aromatic nitrogens is 3. The van der Waals surface area contributed by atoms with Gasteiger partial charge in [0.25, 0.3) is 11.8 Å². The molecule has 3 saturated carbocycles. The van der Waals surface area contributed by atoms with Crippen LogP contribution in [0.3, 0.4) is 0 Å². The van der Waals surface area contributed by atoms with Gasteiger partial charge in [0.05, 0.1) is 22.8 Å². The van der Waals surface area contributed by atoms with Crippen LogP contribution in [0.1, 0.15) is 52.0 Å². The SMILES string of the molecule is N#Cc1ccc(C(=O)N2CC(Cn3c(-c4cc5ccccc5n4CC4CC4)nc4cc(C(=O)N5CC6CC7CC5[C@H]76)cc(F)c43)C2)cc1. The van der Waals surface area contributed by atoms with Crippen LogP contribution < -0.4 is 0 Å². The minimum atomic E-state index is -0.432. The van der Waals surface area contributed by atoms with E-state index >= 15 is 4.39 Å². The highest BCUT2D eigenvalue weighted by Crippen LogP contribution is 2.60. The van der Waals surface area contributed by atoms with Gasteiger partial charge in [0.1, 0.15) is 11.3 Å². The predicted octanol–water partition coefficient (Wildman–Crippen LogP) is 6.33. The molecule has 5 aliphatic rings. The van der Waals surface area contributed by atoms with Crippen molar-refractivity contribution in [2.75, 3.05) is 19.6 Å². The van der Waals surface area contributed by atoms with Crippen LogP contribution in [0.15, 0.2) is 66.7 Å². The van der Waals surface area contributed by atoms with Gasteiger partial charge < -0.3 is 18.9 Å². The third-order valence-electron chi connectivity index (χ3n) is 11.9. The Labute approximate surface area is 277 Å². The van der Waals surface area contributed by atoms with Crippen molar-refractivity contribution < 1.29 is 14.0 Å². The number of hydrogen-bond donors (Lipinski definition) is 0. The molecular formula is C39H35FN6O2. The molecule has 0 bridgehead atoms. The minimum Gasteiger partial charge on any atom is -0.338 e. The summed E-state index contributed by atoms with van der Waals surface area (Å²) in [6.07, 6.45) is 4.70. The van der Waals surface area contributed by atoms with Crippen molar-refractivity contribution in [2.24, 2.45) is 29.6 Å². The molecule has 2 amide bonds. The first-order chi connectivity index (χ1) is 23.4. The number of fused-ring (bicyclic) bond motifs is 2. The van der Waals surface area contributed by atoms with Crippen molar-refractivity contribution in [3.05, 3.63) is 89.2 Å². The van der Waals surface area contributed by atoms with E-state index < -0.39 is 5.82 Å². The number of nitrogens with zero attached hydrogens (tertiary/aromatic N) is 6. The molecule has 9 heteroatoms. The first kappa shape index (κ1) is 28.1. The highest BCUT2D eigenvalue weighted by Gasteiger charge is 2.61. The lowest BCUT2D eigenvalue weighted by Crippen LogP contribution is -2.53. The van der Waals surface area contributed by atoms with Crippen LogP contribution in [0.5, 0.6) is 0 Å². The van der Waals surface area contributed by atoms with E-state index in [0.717, 1.165) is 42.0 Å². The van der Waals surface area contributed by atoms with Crippen molar-refractivity contribution in [3.8, 4) is 17.6 Å². The highest BCUT2D eigenvalue weighted by atomic mass is 19.1. The first-order valence-electron chi connectivity index (χ1n) is 17.3. The van der Waals surface area contributed by atoms with Crippen LogP contribution in [0.25, 0.3) is 33.5 Å². The molecule has 8 nitrogen and oxygen atoms in total. The van der Waals surface area contributed by atoms with E-state index in [9.17, 15) is 9.59 Å². The van der Waals surface area contributed by atoms with Crippen LogP contribution in [0.2, 0.25) is 0 Å². The topological polar surface area (TPSA) is 87.2 Å². The smallest absolute Gasteiger partial charge is 0.254 e. The highest BCUT2D eigenvalue weighted by molar-refractivity contribution is 5.99. The van der Waals surface area contributed by atoms with E-state index in [1.54, 1.807) is 35.2 Å². The number of likely N-dealkylation sites (tertiary alicyclic amines) is 2. The Morgan fingerprint density at radius 2 is 1.65 bits per heavy atom. The number of imidazole rings is 1. The monoisotopic (exact) mass is 638 g/mol. The summed E-state index contributed by atoms with van der Waals surface area (Å²) in [6, 6.07) is 22.8. The maximum absolute atomic E-state index is 16.4. The summed E-state index contributed by atoms with van der Waals surface area (Å²) in [5.41, 5.74) is 4.44. The van der Waals surface area contributed by atoms with Crippen molar-refractivity contribution in [2.45, 2.75) is 44.8 Å². The molecule has 0 radical (unpaired) electrons. The van der Waals surface area contributed by atoms with Gasteiger partial charge in [0.15, 0.2) is 5.82 Å². The van der Waals surface area contributed by atoms with E-state index in [1.165, 1.54) is 25.3 Å². The predicted molar refractivity (Wildman–Crippen MR) is 178 cm³/mol. The Morgan fingerprint density at radius 3 is 2.40 bits per heavy atom. The summed E-state index contributed by atoms with van der Waals surface area (Å²) >= 11 is 0. The summed E-state index contributed by atoms with van der Waals surface area (Å²) in [6.45, 7) is 3.25. The molecule has 2 aliphatic heterocycles. The molecule has 0 N–H and O–H groups in total. The van der Waals surface area contributed by atoms with Crippen LogP contribution in [0.4, 0.5) is 4.39 Å². The van der Waals surface area contributed by atoms with Gasteiger partial charge in [-0.05, 0) is 97.9 Å². The van der Waals surface area contributed by atoms with Crippen molar-refractivity contribution >= 4 is 33.8 Å². The third kappa shape index (κ3) is 4.21. The molecule has 4 heterocycles. The molecule has 5 fully saturated rings. The van der Waals surface area contributed by atoms with Gasteiger partial charge in [0, 0.05) is 66.7 Å². The van der Waals surface area contributed by atoms with Crippen molar-refractivity contribution in [1.29, 1.82) is 5.26 Å². The van der Waals surface area contributed by atoms with Crippen LogP contribution in [-0.4, -0.2) is 61.4 Å². The van der Waals surface area contributed by atoms with Gasteiger partial charge in [-0.2, -0.15) is 5.26 Å². The number of hydrogen-bond acceptors (Lipinski definition) is 4. The Morgan fingerprint density at radius 1 is 0.854 bits per heavy atom. The van der Waals surface area contributed by atoms with Crippen LogP contribution >= 0.6 is 0 Å². The quantitative estimate of drug-likeness (QED) is 0.209. The molecule has 5 aromatic rings. The summed E-state index contributed by atoms with van der Waals surface area (Å²) in [7, 11) is 0. The van der Waals surface area contributed by atoms with E-state index in [-0.39, 0.29) is 17.7 Å². The number of benzene rings is 3. The Hall–Kier alpha value is -4.97. The molecule has 2 saturated heterocycles. The maximum atomic E-state index is 16.4. The fourth-order valence-electron chi connectivity index (χ4n) is 9.21. The molecule has 3 aliphatic carbocycles. The zero-order valence-electron chi connectivity index (χ0n) is 26.6. The van der Waals surface area contributed by atoms with Gasteiger partial charge in [-0.25, -0.2) is 9.37 Å². The molecule has 48 heavy (non-hydrogen) atoms. The maximum Gasteiger partial charge on any atom is 0.254 e. The zero-order valence-corrected chi connectivity index (χ0v) is 26.6. The number of carbonyl (C=O) groups is 2. The standard InChI is InChI=1S/C39H35FN6O2/c40-30-12-28(39(48)45-21-29-11-27-15-33(45)35(27)29)13-31-36(30)46(20-24-17-43(18-24)38(47)25-9-7-22(16-41)8-10-25)37(42-31)34-14-26-3-1-2-4-32(26)44(34)19-23-5-6-23/h1-4,7-10,12-14,23-24,27,29,33,35H,5-6,11,15,17-21H2/t27?,29?,33?,35-/m1/s1. The Bertz CT molecular complexity index is 2200. The summed E-state index contributed by atoms with van der Waals surface area (Å²) < 4.78 is 20.7. The second-order valence-corrected chi connectivity index (χ2v) is 14.9. The van der Waals surface area contributed by atoms with Crippen molar-refractivity contribution in [1.82, 2.24) is 23.9 Å². The molecule has 4 atom stereocenters. The van der Waals surface area contributed by atoms with Crippen LogP contribution in [-0.2, 0) is 13.1 Å². The summed E-state index contributed by atoms with van der Waals surface area (Å²) in [4.78, 5) is 35.9. The van der Waals surface area contributed by atoms with E-state index in [0.29, 0.717) is 77.0 Å². The van der Waals surface area contributed by atoms with E-state index in [1.807, 2.05) is 15.5 Å². The minimum absolute atomic E-state index is 0.0709. The molecule has 3 aromatic carbocycles. The zero-order chi connectivity index (χ0) is 32.3. The second kappa shape index (κ2) is 10.3. The third-order valence-corrected chi connectivity index (χ3v) is 11.9. The number of rotatable bonds is 7. The molecule has 2 aromatic heterocycles. The number of amides is 2. The molecule has 240 valence electrons. The lowest BCUT2D eigenvalue weighted by atomic mass is 9.53. The fourth-order valence-corrected chi connectivity index (χ4v) is 9.21. The van der Waals surface area contributed by atoms with Gasteiger partial charge in [0.2, 0.25) is 0 Å². The second-order valence-electron chi connectivity index (χ2n) is 14.9. The number of carbonyl (C=O) groups excluding carboxylic acids is 2. The lowest BCUT2D eigenvalue weighted by molar-refractivity contribution is -0.0204. The van der Waals surface area contributed by atoms with Gasteiger partial charge in [-0.1, -0.05) is 18.2 Å². The average Bonchev–Trinajstić information content (AvgIpc) is 3.72. The number of para-hydroxylation sites is 1. The number of nitriles is 1. The van der Waals surface area contributed by atoms with Crippen LogP contribution in [0, 0.1) is 46.7 Å². The number of halogens is 1. The van der Waals surface area contributed by atoms with E-state index in [4.69, 9.17) is 10.2 Å². The fraction of sp³-hybridized carbons (Fsp3) is 0.385. The average molecular weight is 639 g/mol. The molecular weight excluding hydrogens is 603 g/mol. The van der Waals surface area contributed by atoms with Gasteiger partial charge in [-0.3, -0.25) is 9.59 Å². The molecule has 10 rings (SSSR count). The largest absolute Gasteiger partial charge is 0.338 e. The molecule has 3 unspecified atom stereocenters. The summed E-state index contributed by atoms with van der Waals surface area (Å²) in [5, 5.41) is 10.2. The van der Waals surface area contributed by atoms with Gasteiger partial charge >= 0.3 is 0 Å². The van der Waals surface area contributed by atoms with Gasteiger partial charge in [-0.15, -0.1) is 0 Å². The summed E-state index contributed by atoms with van der Waals surface area (Å²) in [5.74, 6) is 2.87. The van der Waals surface area contributed by atoms with E-state index in [2.05, 4.69) is 34.9 Å². The lowest BCUT2D eigenvalue weighted by Gasteiger charge is -2.52. The molecule has 0 spiro atoms. The Kier molecular flexibility index (Phi) is 6.00. The van der Waals surface area contributed by atoms with Crippen molar-refractivity contribution in [3.63, 3.8) is 0 Å². The Balaban J connectivity index is 1.02.